The molecule has 1 fully saturated rings. The van der Waals surface area contributed by atoms with Gasteiger partial charge in [-0.25, -0.2) is 0 Å². The third-order valence-corrected chi connectivity index (χ3v) is 3.84. The van der Waals surface area contributed by atoms with Crippen LogP contribution in [0.25, 0.3) is 0 Å². The van der Waals surface area contributed by atoms with Crippen molar-refractivity contribution >= 4 is 0 Å². The van der Waals surface area contributed by atoms with Crippen molar-refractivity contribution in [3.63, 3.8) is 0 Å². The second-order valence-corrected chi connectivity index (χ2v) is 5.20. The van der Waals surface area contributed by atoms with E-state index in [1.165, 1.54) is 18.4 Å². The van der Waals surface area contributed by atoms with Crippen molar-refractivity contribution in [2.75, 3.05) is 19.8 Å². The Kier molecular flexibility index (Phi) is 5.67. The predicted molar refractivity (Wildman–Crippen MR) is 77.5 cm³/mol. The van der Waals surface area contributed by atoms with Crippen LogP contribution in [0.15, 0.2) is 24.3 Å². The summed E-state index contributed by atoms with van der Waals surface area (Å²) in [6, 6.07) is 8.90. The first-order valence-corrected chi connectivity index (χ1v) is 7.32. The number of ether oxygens (including phenoxy) is 2. The lowest BCUT2D eigenvalue weighted by Gasteiger charge is -2.28. The molecule has 2 rings (SSSR count). The first-order chi connectivity index (χ1) is 9.29. The van der Waals surface area contributed by atoms with Crippen LogP contribution in [-0.4, -0.2) is 25.9 Å². The lowest BCUT2D eigenvalue weighted by Crippen LogP contribution is -2.36. The van der Waals surface area contributed by atoms with Crippen molar-refractivity contribution in [3.05, 3.63) is 29.8 Å². The van der Waals surface area contributed by atoms with E-state index in [-0.39, 0.29) is 0 Å². The molecule has 1 aromatic rings. The first-order valence-electron chi connectivity index (χ1n) is 7.32. The molecule has 0 amide bonds. The predicted octanol–water partition coefficient (Wildman–Crippen LogP) is 2.99. The summed E-state index contributed by atoms with van der Waals surface area (Å²) in [6.07, 6.45) is 2.36. The number of nitrogens with one attached hydrogen (secondary N) is 1. The Morgan fingerprint density at radius 3 is 2.58 bits per heavy atom. The zero-order chi connectivity index (χ0) is 13.5. The van der Waals surface area contributed by atoms with Gasteiger partial charge in [-0.1, -0.05) is 12.1 Å². The van der Waals surface area contributed by atoms with E-state index in [1.807, 2.05) is 19.1 Å². The molecule has 1 aromatic carbocycles. The molecule has 3 heteroatoms. The molecule has 106 valence electrons. The summed E-state index contributed by atoms with van der Waals surface area (Å²) in [7, 11) is 0. The topological polar surface area (TPSA) is 30.5 Å². The van der Waals surface area contributed by atoms with Gasteiger partial charge in [0.05, 0.1) is 6.61 Å². The van der Waals surface area contributed by atoms with Gasteiger partial charge in [-0.3, -0.25) is 0 Å². The average Bonchev–Trinajstić information content (AvgIpc) is 2.47. The lowest BCUT2D eigenvalue weighted by atomic mass is 9.93. The van der Waals surface area contributed by atoms with Gasteiger partial charge in [-0.2, -0.15) is 0 Å². The minimum atomic E-state index is 0.551. The van der Waals surface area contributed by atoms with Gasteiger partial charge < -0.3 is 14.8 Å². The molecular weight excluding hydrogens is 238 g/mol. The largest absolute Gasteiger partial charge is 0.494 e. The summed E-state index contributed by atoms with van der Waals surface area (Å²) in [5.74, 6) is 1.69. The second kappa shape index (κ2) is 7.51. The highest BCUT2D eigenvalue weighted by Gasteiger charge is 2.19. The van der Waals surface area contributed by atoms with Crippen molar-refractivity contribution < 1.29 is 9.47 Å². The maximum absolute atomic E-state index is 5.45. The van der Waals surface area contributed by atoms with E-state index in [1.54, 1.807) is 0 Å². The van der Waals surface area contributed by atoms with Gasteiger partial charge in [-0.15, -0.1) is 0 Å². The first kappa shape index (κ1) is 14.4. The Morgan fingerprint density at radius 2 is 1.95 bits per heavy atom. The minimum Gasteiger partial charge on any atom is -0.494 e. The highest BCUT2D eigenvalue weighted by Crippen LogP contribution is 2.19. The highest BCUT2D eigenvalue weighted by atomic mass is 16.5. The van der Waals surface area contributed by atoms with E-state index >= 15 is 0 Å². The third kappa shape index (κ3) is 4.51. The van der Waals surface area contributed by atoms with Gasteiger partial charge in [0, 0.05) is 25.8 Å². The molecule has 1 N–H and O–H groups in total. The van der Waals surface area contributed by atoms with Crippen LogP contribution in [0.1, 0.15) is 32.3 Å². The average molecular weight is 263 g/mol. The molecule has 0 spiro atoms. The molecular formula is C16H25NO2. The van der Waals surface area contributed by atoms with Gasteiger partial charge in [-0.05, 0) is 50.3 Å². The van der Waals surface area contributed by atoms with E-state index in [4.69, 9.17) is 9.47 Å². The van der Waals surface area contributed by atoms with Crippen LogP contribution in [0.2, 0.25) is 0 Å². The van der Waals surface area contributed by atoms with Crippen LogP contribution < -0.4 is 10.1 Å². The Bertz CT molecular complexity index is 358. The fourth-order valence-electron chi connectivity index (χ4n) is 2.53. The molecule has 0 bridgehead atoms. The van der Waals surface area contributed by atoms with Crippen LogP contribution in [0.5, 0.6) is 5.75 Å². The van der Waals surface area contributed by atoms with Crippen molar-refractivity contribution in [1.82, 2.24) is 5.32 Å². The Labute approximate surface area is 116 Å². The maximum atomic E-state index is 5.45. The molecule has 1 unspecified atom stereocenters. The normalized spacial score (nSPS) is 18.2. The van der Waals surface area contributed by atoms with Crippen LogP contribution in [0, 0.1) is 5.92 Å². The molecule has 1 heterocycles. The highest BCUT2D eigenvalue weighted by molar-refractivity contribution is 5.27. The van der Waals surface area contributed by atoms with Crippen molar-refractivity contribution in [2.24, 2.45) is 5.92 Å². The van der Waals surface area contributed by atoms with Crippen LogP contribution >= 0.6 is 0 Å². The van der Waals surface area contributed by atoms with Crippen molar-refractivity contribution in [3.8, 4) is 5.75 Å². The van der Waals surface area contributed by atoms with E-state index in [9.17, 15) is 0 Å². The molecule has 1 atom stereocenters. The molecule has 1 aliphatic rings. The van der Waals surface area contributed by atoms with Gasteiger partial charge in [0.1, 0.15) is 5.75 Å². The number of rotatable bonds is 6. The summed E-state index contributed by atoms with van der Waals surface area (Å²) in [5.41, 5.74) is 1.31. The Balaban J connectivity index is 1.77. The van der Waals surface area contributed by atoms with Gasteiger partial charge in [0.25, 0.3) is 0 Å². The fraction of sp³-hybridized carbons (Fsp3) is 0.625. The molecule has 1 aliphatic heterocycles. The monoisotopic (exact) mass is 263 g/mol. The summed E-state index contributed by atoms with van der Waals surface area (Å²) in [5, 5.41) is 3.62. The lowest BCUT2D eigenvalue weighted by molar-refractivity contribution is 0.0558. The van der Waals surface area contributed by atoms with Gasteiger partial charge in [0.15, 0.2) is 0 Å². The van der Waals surface area contributed by atoms with Gasteiger partial charge >= 0.3 is 0 Å². The molecule has 0 aromatic heterocycles. The van der Waals surface area contributed by atoms with Gasteiger partial charge in [0.2, 0.25) is 0 Å². The zero-order valence-corrected chi connectivity index (χ0v) is 12.0. The van der Waals surface area contributed by atoms with E-state index in [2.05, 4.69) is 24.4 Å². The summed E-state index contributed by atoms with van der Waals surface area (Å²) >= 11 is 0. The Hall–Kier alpha value is -1.06. The zero-order valence-electron chi connectivity index (χ0n) is 12.0. The molecule has 0 radical (unpaired) electrons. The Morgan fingerprint density at radius 1 is 1.26 bits per heavy atom. The SMILES string of the molecule is CCOc1ccc(CNC(C)C2CCOCC2)cc1. The molecule has 19 heavy (non-hydrogen) atoms. The van der Waals surface area contributed by atoms with Crippen molar-refractivity contribution in [2.45, 2.75) is 39.3 Å². The van der Waals surface area contributed by atoms with E-state index < -0.39 is 0 Å². The third-order valence-electron chi connectivity index (χ3n) is 3.84. The quantitative estimate of drug-likeness (QED) is 0.856. The number of hydrogen-bond donors (Lipinski definition) is 1. The summed E-state index contributed by atoms with van der Waals surface area (Å²) in [6.45, 7) is 7.76. The molecule has 0 aliphatic carbocycles. The molecule has 3 nitrogen and oxygen atoms in total. The summed E-state index contributed by atoms with van der Waals surface area (Å²) < 4.78 is 10.9. The molecule has 1 saturated heterocycles. The van der Waals surface area contributed by atoms with Crippen LogP contribution in [0.4, 0.5) is 0 Å². The molecule has 0 saturated carbocycles. The van der Waals surface area contributed by atoms with Crippen LogP contribution in [-0.2, 0) is 11.3 Å². The van der Waals surface area contributed by atoms with E-state index in [0.717, 1.165) is 38.0 Å². The fourth-order valence-corrected chi connectivity index (χ4v) is 2.53. The smallest absolute Gasteiger partial charge is 0.119 e. The second-order valence-electron chi connectivity index (χ2n) is 5.20. The van der Waals surface area contributed by atoms with Crippen molar-refractivity contribution in [1.29, 1.82) is 0 Å². The number of hydrogen-bond acceptors (Lipinski definition) is 3. The van der Waals surface area contributed by atoms with Crippen LogP contribution in [0.3, 0.4) is 0 Å². The number of benzene rings is 1. The van der Waals surface area contributed by atoms with E-state index in [0.29, 0.717) is 6.04 Å². The minimum absolute atomic E-state index is 0.551. The maximum Gasteiger partial charge on any atom is 0.119 e. The standard InChI is InChI=1S/C16H25NO2/c1-3-19-16-6-4-14(5-7-16)12-17-13(2)15-8-10-18-11-9-15/h4-7,13,15,17H,3,8-12H2,1-2H3. The summed E-state index contributed by atoms with van der Waals surface area (Å²) in [4.78, 5) is 0.